The molecule has 4 heteroatoms. The van der Waals surface area contributed by atoms with E-state index in [1.54, 1.807) is 0 Å². The van der Waals surface area contributed by atoms with Gasteiger partial charge in [-0.3, -0.25) is 0 Å². The molecule has 0 aromatic rings. The second kappa shape index (κ2) is 3.49. The Morgan fingerprint density at radius 2 is 2.00 bits per heavy atom. The molecule has 0 aromatic carbocycles. The molecular weight excluding hydrogens is 148 g/mol. The van der Waals surface area contributed by atoms with Gasteiger partial charge in [-0.1, -0.05) is 0 Å². The standard InChI is InChI=1S/C7H14O4/c1-11-5-2-4(3-8)6(9)7(5)10/h4-10H,2-3H2,1H3/t4-,5+,6-,7-/m1/s1. The van der Waals surface area contributed by atoms with Crippen LogP contribution in [0.25, 0.3) is 0 Å². The molecule has 4 atom stereocenters. The van der Waals surface area contributed by atoms with Crippen LogP contribution in [0.3, 0.4) is 0 Å². The van der Waals surface area contributed by atoms with Gasteiger partial charge in [-0.15, -0.1) is 0 Å². The number of hydrogen-bond acceptors (Lipinski definition) is 4. The summed E-state index contributed by atoms with van der Waals surface area (Å²) < 4.78 is 4.90. The molecule has 1 aliphatic rings. The lowest BCUT2D eigenvalue weighted by Gasteiger charge is -2.14. The minimum Gasteiger partial charge on any atom is -0.396 e. The molecule has 0 heterocycles. The maximum absolute atomic E-state index is 9.27. The predicted molar refractivity (Wildman–Crippen MR) is 38.0 cm³/mol. The van der Waals surface area contributed by atoms with E-state index in [1.165, 1.54) is 7.11 Å². The first-order valence-electron chi connectivity index (χ1n) is 3.70. The fraction of sp³-hybridized carbons (Fsp3) is 1.00. The van der Waals surface area contributed by atoms with Crippen molar-refractivity contribution in [1.29, 1.82) is 0 Å². The van der Waals surface area contributed by atoms with Gasteiger partial charge in [0.25, 0.3) is 0 Å². The lowest BCUT2D eigenvalue weighted by atomic mass is 10.1. The summed E-state index contributed by atoms with van der Waals surface area (Å²) in [7, 11) is 1.49. The van der Waals surface area contributed by atoms with Crippen molar-refractivity contribution in [1.82, 2.24) is 0 Å². The molecule has 4 nitrogen and oxygen atoms in total. The van der Waals surface area contributed by atoms with Crippen molar-refractivity contribution in [3.63, 3.8) is 0 Å². The van der Waals surface area contributed by atoms with Crippen LogP contribution < -0.4 is 0 Å². The number of ether oxygens (including phenoxy) is 1. The molecule has 1 aliphatic carbocycles. The van der Waals surface area contributed by atoms with Crippen LogP contribution in [0.15, 0.2) is 0 Å². The number of hydrogen-bond donors (Lipinski definition) is 3. The fourth-order valence-electron chi connectivity index (χ4n) is 1.49. The van der Waals surface area contributed by atoms with Crippen molar-refractivity contribution in [3.05, 3.63) is 0 Å². The Kier molecular flexibility index (Phi) is 2.84. The van der Waals surface area contributed by atoms with Crippen molar-refractivity contribution >= 4 is 0 Å². The van der Waals surface area contributed by atoms with E-state index < -0.39 is 12.2 Å². The van der Waals surface area contributed by atoms with Crippen LogP contribution in [-0.4, -0.2) is 47.3 Å². The number of methoxy groups -OCH3 is 1. The van der Waals surface area contributed by atoms with Crippen LogP contribution >= 0.6 is 0 Å². The van der Waals surface area contributed by atoms with Gasteiger partial charge >= 0.3 is 0 Å². The fourth-order valence-corrected chi connectivity index (χ4v) is 1.49. The third kappa shape index (κ3) is 1.54. The van der Waals surface area contributed by atoms with Gasteiger partial charge in [-0.05, 0) is 6.42 Å². The first-order chi connectivity index (χ1) is 5.20. The predicted octanol–water partition coefficient (Wildman–Crippen LogP) is -1.26. The van der Waals surface area contributed by atoms with E-state index in [0.717, 1.165) is 0 Å². The molecule has 1 fully saturated rings. The molecule has 66 valence electrons. The van der Waals surface area contributed by atoms with Gasteiger partial charge in [-0.2, -0.15) is 0 Å². The molecule has 1 rings (SSSR count). The topological polar surface area (TPSA) is 69.9 Å². The van der Waals surface area contributed by atoms with E-state index in [1.807, 2.05) is 0 Å². The highest BCUT2D eigenvalue weighted by Gasteiger charge is 2.40. The molecule has 0 bridgehead atoms. The normalized spacial score (nSPS) is 44.7. The average Bonchev–Trinajstić information content (AvgIpc) is 2.30. The smallest absolute Gasteiger partial charge is 0.106 e. The zero-order chi connectivity index (χ0) is 8.43. The first-order valence-corrected chi connectivity index (χ1v) is 3.70. The van der Waals surface area contributed by atoms with E-state index in [4.69, 9.17) is 9.84 Å². The lowest BCUT2D eigenvalue weighted by Crippen LogP contribution is -2.32. The molecule has 0 saturated heterocycles. The van der Waals surface area contributed by atoms with Gasteiger partial charge in [-0.25, -0.2) is 0 Å². The third-order valence-corrected chi connectivity index (χ3v) is 2.29. The van der Waals surface area contributed by atoms with Crippen molar-refractivity contribution in [3.8, 4) is 0 Å². The Morgan fingerprint density at radius 3 is 2.27 bits per heavy atom. The summed E-state index contributed by atoms with van der Waals surface area (Å²) in [6.07, 6.45) is -1.50. The molecule has 0 aliphatic heterocycles. The molecular formula is C7H14O4. The Bertz CT molecular complexity index is 110. The SMILES string of the molecule is CO[C@H]1C[C@H](CO)[C@@H](O)[C@@H]1O. The van der Waals surface area contributed by atoms with E-state index >= 15 is 0 Å². The second-order valence-electron chi connectivity index (χ2n) is 2.93. The van der Waals surface area contributed by atoms with E-state index in [9.17, 15) is 10.2 Å². The Balaban J connectivity index is 2.53. The maximum Gasteiger partial charge on any atom is 0.106 e. The number of rotatable bonds is 2. The lowest BCUT2D eigenvalue weighted by molar-refractivity contribution is -0.0440. The summed E-state index contributed by atoms with van der Waals surface area (Å²) in [6.45, 7) is -0.0991. The zero-order valence-corrected chi connectivity index (χ0v) is 6.47. The van der Waals surface area contributed by atoms with Crippen LogP contribution in [-0.2, 0) is 4.74 Å². The maximum atomic E-state index is 9.27. The first kappa shape index (κ1) is 8.93. The summed E-state index contributed by atoms with van der Waals surface area (Å²) in [5.41, 5.74) is 0. The van der Waals surface area contributed by atoms with Crippen LogP contribution in [0.2, 0.25) is 0 Å². The molecule has 0 aromatic heterocycles. The third-order valence-electron chi connectivity index (χ3n) is 2.29. The Labute approximate surface area is 65.4 Å². The van der Waals surface area contributed by atoms with Crippen LogP contribution in [0.4, 0.5) is 0 Å². The molecule has 11 heavy (non-hydrogen) atoms. The van der Waals surface area contributed by atoms with Crippen molar-refractivity contribution in [2.45, 2.75) is 24.7 Å². The molecule has 0 radical (unpaired) electrons. The van der Waals surface area contributed by atoms with E-state index in [2.05, 4.69) is 0 Å². The van der Waals surface area contributed by atoms with Crippen molar-refractivity contribution < 1.29 is 20.1 Å². The molecule has 0 amide bonds. The van der Waals surface area contributed by atoms with Crippen LogP contribution in [0.1, 0.15) is 6.42 Å². The summed E-state index contributed by atoms with van der Waals surface area (Å²) in [5, 5.41) is 27.3. The molecule has 0 unspecified atom stereocenters. The zero-order valence-electron chi connectivity index (χ0n) is 6.47. The highest BCUT2D eigenvalue weighted by molar-refractivity contribution is 4.91. The monoisotopic (exact) mass is 162 g/mol. The Hall–Kier alpha value is -0.160. The number of aliphatic hydroxyl groups is 3. The second-order valence-corrected chi connectivity index (χ2v) is 2.93. The van der Waals surface area contributed by atoms with Crippen LogP contribution in [0, 0.1) is 5.92 Å². The molecule has 3 N–H and O–H groups in total. The highest BCUT2D eigenvalue weighted by Crippen LogP contribution is 2.27. The summed E-state index contributed by atoms with van der Waals surface area (Å²) in [6, 6.07) is 0. The average molecular weight is 162 g/mol. The summed E-state index contributed by atoms with van der Waals surface area (Å²) in [4.78, 5) is 0. The quantitative estimate of drug-likeness (QED) is 0.474. The largest absolute Gasteiger partial charge is 0.396 e. The van der Waals surface area contributed by atoms with E-state index in [0.29, 0.717) is 6.42 Å². The summed E-state index contributed by atoms with van der Waals surface area (Å²) in [5.74, 6) is -0.241. The van der Waals surface area contributed by atoms with Gasteiger partial charge in [0, 0.05) is 19.6 Å². The van der Waals surface area contributed by atoms with Gasteiger partial charge in [0.1, 0.15) is 6.10 Å². The van der Waals surface area contributed by atoms with Gasteiger partial charge < -0.3 is 20.1 Å². The van der Waals surface area contributed by atoms with Crippen molar-refractivity contribution in [2.24, 2.45) is 5.92 Å². The van der Waals surface area contributed by atoms with E-state index in [-0.39, 0.29) is 18.6 Å². The molecule has 1 saturated carbocycles. The molecule has 0 spiro atoms. The Morgan fingerprint density at radius 1 is 1.36 bits per heavy atom. The van der Waals surface area contributed by atoms with Gasteiger partial charge in [0.15, 0.2) is 0 Å². The number of aliphatic hydroxyl groups excluding tert-OH is 3. The minimum atomic E-state index is -0.850. The minimum absolute atomic E-state index is 0.0991. The summed E-state index contributed by atoms with van der Waals surface area (Å²) >= 11 is 0. The van der Waals surface area contributed by atoms with Gasteiger partial charge in [0.2, 0.25) is 0 Å². The van der Waals surface area contributed by atoms with Gasteiger partial charge in [0.05, 0.1) is 12.2 Å². The van der Waals surface area contributed by atoms with Crippen molar-refractivity contribution in [2.75, 3.05) is 13.7 Å². The highest BCUT2D eigenvalue weighted by atomic mass is 16.5. The van der Waals surface area contributed by atoms with Crippen LogP contribution in [0.5, 0.6) is 0 Å².